The van der Waals surface area contributed by atoms with Gasteiger partial charge in [0, 0.05) is 37.0 Å². The van der Waals surface area contributed by atoms with Gasteiger partial charge in [-0.1, -0.05) is 91.0 Å². The molecule has 1 amide bonds. The van der Waals surface area contributed by atoms with Crippen molar-refractivity contribution in [3.8, 4) is 0 Å². The maximum Gasteiger partial charge on any atom is 0.223 e. The fraction of sp³-hybridized carbons (Fsp3) is 0.250. The number of hydrogen-bond donors (Lipinski definition) is 1. The molecule has 0 unspecified atom stereocenters. The third kappa shape index (κ3) is 5.34. The van der Waals surface area contributed by atoms with Crippen LogP contribution in [0.15, 0.2) is 91.0 Å². The lowest BCUT2D eigenvalue weighted by molar-refractivity contribution is -0.126. The van der Waals surface area contributed by atoms with E-state index >= 15 is 0 Å². The predicted molar refractivity (Wildman–Crippen MR) is 137 cm³/mol. The molecule has 4 aromatic rings. The summed E-state index contributed by atoms with van der Waals surface area (Å²) in [4.78, 5) is 20.3. The number of carbonyl (C=O) groups excluding carboxylic acids is 1. The molecular formula is C28H28N4OS. The van der Waals surface area contributed by atoms with Crippen molar-refractivity contribution < 1.29 is 4.79 Å². The summed E-state index contributed by atoms with van der Waals surface area (Å²) >= 11 is 1.45. The van der Waals surface area contributed by atoms with Crippen LogP contribution < -0.4 is 10.2 Å². The fourth-order valence-electron chi connectivity index (χ4n) is 4.47. The number of anilines is 1. The van der Waals surface area contributed by atoms with Crippen LogP contribution in [0.25, 0.3) is 0 Å². The van der Waals surface area contributed by atoms with Gasteiger partial charge in [-0.25, -0.2) is 4.98 Å². The van der Waals surface area contributed by atoms with Crippen molar-refractivity contribution in [3.63, 3.8) is 0 Å². The van der Waals surface area contributed by atoms with Crippen LogP contribution in [-0.4, -0.2) is 28.4 Å². The minimum Gasteiger partial charge on any atom is -0.347 e. The molecule has 0 aliphatic carbocycles. The van der Waals surface area contributed by atoms with E-state index in [9.17, 15) is 4.79 Å². The summed E-state index contributed by atoms with van der Waals surface area (Å²) in [6.07, 6.45) is 2.38. The first-order valence-corrected chi connectivity index (χ1v) is 12.6. The van der Waals surface area contributed by atoms with Crippen LogP contribution in [0.1, 0.15) is 41.4 Å². The molecule has 3 aromatic carbocycles. The molecule has 1 fully saturated rings. The van der Waals surface area contributed by atoms with E-state index in [1.807, 2.05) is 54.6 Å². The van der Waals surface area contributed by atoms with E-state index in [4.69, 9.17) is 4.98 Å². The molecule has 0 spiro atoms. The van der Waals surface area contributed by atoms with Crippen LogP contribution in [0.5, 0.6) is 0 Å². The van der Waals surface area contributed by atoms with E-state index in [1.165, 1.54) is 17.1 Å². The van der Waals surface area contributed by atoms with Crippen LogP contribution in [0.4, 0.5) is 5.13 Å². The van der Waals surface area contributed by atoms with E-state index in [0.717, 1.165) is 54.4 Å². The second-order valence-corrected chi connectivity index (χ2v) is 9.41. The Kier molecular flexibility index (Phi) is 6.96. The average Bonchev–Trinajstić information content (AvgIpc) is 3.37. The number of hydrogen-bond acceptors (Lipinski definition) is 5. The molecule has 172 valence electrons. The second kappa shape index (κ2) is 10.6. The van der Waals surface area contributed by atoms with Gasteiger partial charge in [-0.05, 0) is 29.5 Å². The molecule has 1 aromatic heterocycles. The average molecular weight is 469 g/mol. The van der Waals surface area contributed by atoms with Gasteiger partial charge in [0.2, 0.25) is 11.0 Å². The molecule has 0 bridgehead atoms. The summed E-state index contributed by atoms with van der Waals surface area (Å²) in [5.41, 5.74) is 3.41. The lowest BCUT2D eigenvalue weighted by Gasteiger charge is -2.32. The Morgan fingerprint density at radius 3 is 2.03 bits per heavy atom. The standard InChI is InChI=1S/C28H28N4OS/c33-27(30-26(22-12-6-2-7-13-22)23-14-8-3-9-15-23)24-16-18-32(19-17-24)28-29-25(31-34-28)20-21-10-4-1-5-11-21/h1-15,24,26H,16-20H2,(H,30,33). The van der Waals surface area contributed by atoms with Crippen molar-refractivity contribution >= 4 is 22.6 Å². The monoisotopic (exact) mass is 468 g/mol. The zero-order valence-corrected chi connectivity index (χ0v) is 19.8. The lowest BCUT2D eigenvalue weighted by atomic mass is 9.93. The number of piperidine rings is 1. The summed E-state index contributed by atoms with van der Waals surface area (Å²) in [6, 6.07) is 30.5. The molecule has 34 heavy (non-hydrogen) atoms. The zero-order chi connectivity index (χ0) is 23.2. The summed E-state index contributed by atoms with van der Waals surface area (Å²) in [5.74, 6) is 0.988. The zero-order valence-electron chi connectivity index (χ0n) is 19.0. The Morgan fingerprint density at radius 1 is 0.882 bits per heavy atom. The first-order chi connectivity index (χ1) is 16.8. The molecule has 6 heteroatoms. The van der Waals surface area contributed by atoms with Crippen molar-refractivity contribution in [2.45, 2.75) is 25.3 Å². The van der Waals surface area contributed by atoms with Gasteiger partial charge in [-0.3, -0.25) is 4.79 Å². The number of aromatic nitrogens is 2. The maximum absolute atomic E-state index is 13.3. The van der Waals surface area contributed by atoms with Crippen LogP contribution in [-0.2, 0) is 11.2 Å². The SMILES string of the molecule is O=C(NC(c1ccccc1)c1ccccc1)C1CCN(c2nc(Cc3ccccc3)ns2)CC1. The smallest absolute Gasteiger partial charge is 0.223 e. The molecule has 0 radical (unpaired) electrons. The van der Waals surface area contributed by atoms with Gasteiger partial charge in [-0.15, -0.1) is 0 Å². The molecule has 1 saturated heterocycles. The van der Waals surface area contributed by atoms with Gasteiger partial charge in [0.05, 0.1) is 6.04 Å². The number of nitrogens with one attached hydrogen (secondary N) is 1. The van der Waals surface area contributed by atoms with Crippen LogP contribution in [0.2, 0.25) is 0 Å². The lowest BCUT2D eigenvalue weighted by Crippen LogP contribution is -2.41. The van der Waals surface area contributed by atoms with Gasteiger partial charge in [0.1, 0.15) is 5.82 Å². The van der Waals surface area contributed by atoms with Crippen molar-refractivity contribution in [2.75, 3.05) is 18.0 Å². The van der Waals surface area contributed by atoms with E-state index in [1.54, 1.807) is 0 Å². The number of carbonyl (C=O) groups is 1. The molecule has 1 aliphatic rings. The molecule has 2 heterocycles. The summed E-state index contributed by atoms with van der Waals surface area (Å²) in [7, 11) is 0. The van der Waals surface area contributed by atoms with E-state index in [2.05, 4.69) is 51.0 Å². The van der Waals surface area contributed by atoms with Crippen LogP contribution in [0.3, 0.4) is 0 Å². The van der Waals surface area contributed by atoms with Crippen LogP contribution in [0, 0.1) is 5.92 Å². The second-order valence-electron chi connectivity index (χ2n) is 8.68. The molecule has 0 atom stereocenters. The highest BCUT2D eigenvalue weighted by molar-refractivity contribution is 7.09. The largest absolute Gasteiger partial charge is 0.347 e. The van der Waals surface area contributed by atoms with Crippen molar-refractivity contribution in [3.05, 3.63) is 114 Å². The number of nitrogens with zero attached hydrogens (tertiary/aromatic N) is 3. The maximum atomic E-state index is 13.3. The summed E-state index contributed by atoms with van der Waals surface area (Å²) in [5, 5.41) is 4.28. The summed E-state index contributed by atoms with van der Waals surface area (Å²) in [6.45, 7) is 1.64. The van der Waals surface area contributed by atoms with E-state index in [-0.39, 0.29) is 17.9 Å². The van der Waals surface area contributed by atoms with Crippen LogP contribution >= 0.6 is 11.5 Å². The number of rotatable bonds is 7. The quantitative estimate of drug-likeness (QED) is 0.402. The minimum atomic E-state index is -0.142. The highest BCUT2D eigenvalue weighted by atomic mass is 32.1. The highest BCUT2D eigenvalue weighted by Crippen LogP contribution is 2.27. The Labute approximate surface area is 204 Å². The van der Waals surface area contributed by atoms with E-state index < -0.39 is 0 Å². The number of amides is 1. The van der Waals surface area contributed by atoms with Crippen molar-refractivity contribution in [1.82, 2.24) is 14.7 Å². The fourth-order valence-corrected chi connectivity index (χ4v) is 5.20. The van der Waals surface area contributed by atoms with Gasteiger partial charge < -0.3 is 10.2 Å². The number of benzene rings is 3. The Bertz CT molecular complexity index is 1150. The normalized spacial score (nSPS) is 14.3. The summed E-state index contributed by atoms with van der Waals surface area (Å²) < 4.78 is 4.56. The van der Waals surface area contributed by atoms with Gasteiger partial charge in [-0.2, -0.15) is 4.37 Å². The highest BCUT2D eigenvalue weighted by Gasteiger charge is 2.28. The molecule has 1 aliphatic heterocycles. The third-order valence-electron chi connectivity index (χ3n) is 6.35. The Balaban J connectivity index is 1.20. The van der Waals surface area contributed by atoms with Gasteiger partial charge in [0.15, 0.2) is 0 Å². The molecule has 5 rings (SSSR count). The minimum absolute atomic E-state index is 0.00267. The van der Waals surface area contributed by atoms with Gasteiger partial charge >= 0.3 is 0 Å². The Hall–Kier alpha value is -3.51. The topological polar surface area (TPSA) is 58.1 Å². The van der Waals surface area contributed by atoms with E-state index in [0.29, 0.717) is 0 Å². The van der Waals surface area contributed by atoms with Crippen molar-refractivity contribution in [1.29, 1.82) is 0 Å². The first-order valence-electron chi connectivity index (χ1n) is 11.8. The Morgan fingerprint density at radius 2 is 1.44 bits per heavy atom. The van der Waals surface area contributed by atoms with Gasteiger partial charge in [0.25, 0.3) is 0 Å². The molecule has 5 nitrogen and oxygen atoms in total. The first kappa shape index (κ1) is 22.3. The molecular weight excluding hydrogens is 440 g/mol. The predicted octanol–water partition coefficient (Wildman–Crippen LogP) is 5.25. The molecule has 1 N–H and O–H groups in total. The molecule has 0 saturated carbocycles. The third-order valence-corrected chi connectivity index (χ3v) is 7.17. The van der Waals surface area contributed by atoms with Crippen molar-refractivity contribution in [2.24, 2.45) is 5.92 Å².